The average molecular weight is 424 g/mol. The topological polar surface area (TPSA) is 80.8 Å². The molecule has 1 amide bonds. The number of fused-ring (bicyclic) bond motifs is 1. The van der Waals surface area contributed by atoms with Gasteiger partial charge in [-0.3, -0.25) is 4.79 Å². The van der Waals surface area contributed by atoms with Gasteiger partial charge in [-0.05, 0) is 59.7 Å². The van der Waals surface area contributed by atoms with Crippen molar-refractivity contribution in [2.24, 2.45) is 0 Å². The lowest BCUT2D eigenvalue weighted by Gasteiger charge is -2.11. The van der Waals surface area contributed by atoms with Crippen LogP contribution < -0.4 is 10.1 Å². The van der Waals surface area contributed by atoms with Gasteiger partial charge in [0.1, 0.15) is 23.0 Å². The molecule has 158 valence electrons. The van der Waals surface area contributed by atoms with E-state index in [1.807, 2.05) is 59.1 Å². The van der Waals surface area contributed by atoms with Crippen molar-refractivity contribution >= 4 is 17.1 Å². The van der Waals surface area contributed by atoms with E-state index in [0.717, 1.165) is 28.2 Å². The summed E-state index contributed by atoms with van der Waals surface area (Å²) in [5, 5.41) is 16.8. The van der Waals surface area contributed by atoms with Crippen LogP contribution in [0.25, 0.3) is 22.5 Å². The number of aromatic hydroxyl groups is 1. The van der Waals surface area contributed by atoms with Crippen molar-refractivity contribution in [1.82, 2.24) is 14.2 Å². The van der Waals surface area contributed by atoms with Gasteiger partial charge in [0, 0.05) is 23.5 Å². The summed E-state index contributed by atoms with van der Waals surface area (Å²) in [7, 11) is 1.65. The van der Waals surface area contributed by atoms with E-state index in [4.69, 9.17) is 4.74 Å². The first-order valence-electron chi connectivity index (χ1n) is 10.0. The molecule has 5 rings (SSSR count). The summed E-state index contributed by atoms with van der Waals surface area (Å²) in [4.78, 5) is 12.9. The van der Waals surface area contributed by atoms with Crippen molar-refractivity contribution in [1.29, 1.82) is 0 Å². The number of nitrogens with zero attached hydrogens (tertiary/aromatic N) is 3. The number of methoxy groups -OCH3 is 1. The Kier molecular flexibility index (Phi) is 4.84. The van der Waals surface area contributed by atoms with E-state index in [2.05, 4.69) is 10.4 Å². The van der Waals surface area contributed by atoms with Crippen molar-refractivity contribution < 1.29 is 14.6 Å². The number of rotatable bonds is 5. The minimum atomic E-state index is -0.327. The number of carbonyl (C=O) groups is 1. The van der Waals surface area contributed by atoms with Crippen molar-refractivity contribution in [3.63, 3.8) is 0 Å². The second-order valence-corrected chi connectivity index (χ2v) is 7.27. The van der Waals surface area contributed by atoms with E-state index in [-0.39, 0.29) is 11.7 Å². The molecule has 0 fully saturated rings. The molecule has 5 aromatic rings. The molecule has 0 atom stereocenters. The molecule has 7 heteroatoms. The van der Waals surface area contributed by atoms with Crippen LogP contribution in [0.15, 0.2) is 91.3 Å². The zero-order valence-corrected chi connectivity index (χ0v) is 17.3. The third-order valence-corrected chi connectivity index (χ3v) is 5.23. The normalized spacial score (nSPS) is 10.9. The number of ether oxygens (including phenoxy) is 1. The molecule has 0 unspecified atom stereocenters. The number of phenolic OH excluding ortho intramolecular Hbond substituents is 1. The molecular weight excluding hydrogens is 404 g/mol. The van der Waals surface area contributed by atoms with Gasteiger partial charge in [0.2, 0.25) is 0 Å². The number of benzene rings is 2. The number of pyridine rings is 1. The Balaban J connectivity index is 1.53. The van der Waals surface area contributed by atoms with Crippen LogP contribution in [0.5, 0.6) is 11.5 Å². The van der Waals surface area contributed by atoms with Crippen LogP contribution >= 0.6 is 0 Å². The number of hydrogen-bond acceptors (Lipinski definition) is 4. The van der Waals surface area contributed by atoms with E-state index < -0.39 is 0 Å². The molecule has 2 N–H and O–H groups in total. The van der Waals surface area contributed by atoms with Gasteiger partial charge in [-0.2, -0.15) is 5.10 Å². The number of carbonyl (C=O) groups excluding carboxylic acids is 1. The Morgan fingerprint density at radius 3 is 2.66 bits per heavy atom. The maximum absolute atomic E-state index is 12.9. The Morgan fingerprint density at radius 1 is 0.969 bits per heavy atom. The smallest absolute Gasteiger partial charge is 0.274 e. The monoisotopic (exact) mass is 424 g/mol. The molecular formula is C25H20N4O3. The Labute approximate surface area is 184 Å². The zero-order valence-electron chi connectivity index (χ0n) is 17.3. The van der Waals surface area contributed by atoms with Crippen LogP contribution in [-0.2, 0) is 0 Å². The predicted octanol–water partition coefficient (Wildman–Crippen LogP) is 4.76. The molecule has 0 aliphatic rings. The average Bonchev–Trinajstić information content (AvgIpc) is 3.45. The number of anilines is 1. The van der Waals surface area contributed by atoms with E-state index >= 15 is 0 Å². The molecule has 2 aromatic carbocycles. The summed E-state index contributed by atoms with van der Waals surface area (Å²) >= 11 is 0. The van der Waals surface area contributed by atoms with E-state index in [9.17, 15) is 9.90 Å². The van der Waals surface area contributed by atoms with Gasteiger partial charge in [0.15, 0.2) is 0 Å². The van der Waals surface area contributed by atoms with Gasteiger partial charge in [-0.25, -0.2) is 4.68 Å². The van der Waals surface area contributed by atoms with Crippen molar-refractivity contribution in [3.8, 4) is 28.4 Å². The van der Waals surface area contributed by atoms with Gasteiger partial charge in [-0.15, -0.1) is 0 Å². The van der Waals surface area contributed by atoms with Crippen LogP contribution in [0.4, 0.5) is 5.69 Å². The summed E-state index contributed by atoms with van der Waals surface area (Å²) in [5.41, 5.74) is 3.88. The highest BCUT2D eigenvalue weighted by molar-refractivity contribution is 6.03. The highest BCUT2D eigenvalue weighted by Gasteiger charge is 2.16. The van der Waals surface area contributed by atoms with E-state index in [1.54, 1.807) is 42.3 Å². The summed E-state index contributed by atoms with van der Waals surface area (Å²) in [6.45, 7) is 0. The van der Waals surface area contributed by atoms with Crippen molar-refractivity contribution in [3.05, 3.63) is 97.0 Å². The van der Waals surface area contributed by atoms with Gasteiger partial charge in [-0.1, -0.05) is 24.3 Å². The highest BCUT2D eigenvalue weighted by atomic mass is 16.5. The lowest BCUT2D eigenvalue weighted by Crippen LogP contribution is -2.17. The van der Waals surface area contributed by atoms with Crippen LogP contribution in [0.3, 0.4) is 0 Å². The maximum atomic E-state index is 12.9. The number of amides is 1. The molecule has 0 aliphatic carbocycles. The van der Waals surface area contributed by atoms with E-state index in [1.165, 1.54) is 6.07 Å². The molecule has 0 radical (unpaired) electrons. The lowest BCUT2D eigenvalue weighted by atomic mass is 10.1. The lowest BCUT2D eigenvalue weighted by molar-refractivity contribution is 0.101. The summed E-state index contributed by atoms with van der Waals surface area (Å²) in [5.74, 6) is 1.27. The molecule has 0 spiro atoms. The molecule has 0 aliphatic heterocycles. The number of phenols is 1. The quantitative estimate of drug-likeness (QED) is 0.426. The Hall–Kier alpha value is -4.52. The van der Waals surface area contributed by atoms with Crippen molar-refractivity contribution in [2.45, 2.75) is 0 Å². The summed E-state index contributed by atoms with van der Waals surface area (Å²) in [6, 6.07) is 23.9. The molecule has 7 nitrogen and oxygen atoms in total. The first-order chi connectivity index (χ1) is 15.6. The van der Waals surface area contributed by atoms with Crippen LogP contribution in [0.1, 0.15) is 10.5 Å². The minimum Gasteiger partial charge on any atom is -0.508 e. The second-order valence-electron chi connectivity index (χ2n) is 7.27. The largest absolute Gasteiger partial charge is 0.508 e. The Morgan fingerprint density at radius 2 is 1.81 bits per heavy atom. The highest BCUT2D eigenvalue weighted by Crippen LogP contribution is 2.26. The predicted molar refractivity (Wildman–Crippen MR) is 123 cm³/mol. The number of hydrogen-bond donors (Lipinski definition) is 2. The molecule has 0 saturated carbocycles. The third kappa shape index (κ3) is 3.56. The number of aromatic nitrogens is 3. The second kappa shape index (κ2) is 7.96. The van der Waals surface area contributed by atoms with Gasteiger partial charge in [0.25, 0.3) is 5.91 Å². The fraction of sp³-hybridized carbons (Fsp3) is 0.0400. The maximum Gasteiger partial charge on any atom is 0.274 e. The Bertz CT molecular complexity index is 1430. The van der Waals surface area contributed by atoms with Crippen LogP contribution in [0, 0.1) is 0 Å². The van der Waals surface area contributed by atoms with Crippen LogP contribution in [0.2, 0.25) is 0 Å². The van der Waals surface area contributed by atoms with Crippen LogP contribution in [-0.4, -0.2) is 32.3 Å². The summed E-state index contributed by atoms with van der Waals surface area (Å²) in [6.07, 6.45) is 3.60. The molecule has 32 heavy (non-hydrogen) atoms. The van der Waals surface area contributed by atoms with Gasteiger partial charge >= 0.3 is 0 Å². The third-order valence-electron chi connectivity index (χ3n) is 5.23. The molecule has 0 saturated heterocycles. The van der Waals surface area contributed by atoms with Gasteiger partial charge < -0.3 is 19.6 Å². The first-order valence-corrected chi connectivity index (χ1v) is 10.0. The SMILES string of the molecule is COc1cccc(-c2ccc3ccc(-n4nccc4C(=O)Nc4cccc(O)c4)n3c2)c1. The van der Waals surface area contributed by atoms with Crippen molar-refractivity contribution in [2.75, 3.05) is 12.4 Å². The first kappa shape index (κ1) is 19.4. The molecule has 3 aromatic heterocycles. The minimum absolute atomic E-state index is 0.0824. The zero-order chi connectivity index (χ0) is 22.1. The molecule has 3 heterocycles. The summed E-state index contributed by atoms with van der Waals surface area (Å²) < 4.78 is 8.94. The fourth-order valence-electron chi connectivity index (χ4n) is 3.67. The standard InChI is InChI=1S/C25H20N4O3/c1-32-22-7-2-4-17(14-22)18-8-9-20-10-11-24(28(20)16-18)29-23(12-13-26-29)25(31)27-19-5-3-6-21(30)15-19/h2-16,30H,1H3,(H,27,31). The van der Waals surface area contributed by atoms with Gasteiger partial charge in [0.05, 0.1) is 13.3 Å². The van der Waals surface area contributed by atoms with E-state index in [0.29, 0.717) is 11.4 Å². The number of nitrogens with one attached hydrogen (secondary N) is 1. The molecule has 0 bridgehead atoms. The fourth-order valence-corrected chi connectivity index (χ4v) is 3.67.